The van der Waals surface area contributed by atoms with Crippen LogP contribution in [0.4, 0.5) is 0 Å². The van der Waals surface area contributed by atoms with E-state index in [0.717, 1.165) is 6.42 Å². The largest absolute Gasteiger partial charge is 0.0713 e. The molecule has 0 atom stereocenters. The smallest absolute Gasteiger partial charge is 0.0622 e. The molecule has 0 spiro atoms. The molecule has 1 aliphatic carbocycles. The monoisotopic (exact) mass is 422 g/mol. The van der Waals surface area contributed by atoms with Crippen LogP contribution in [0, 0.1) is 0 Å². The van der Waals surface area contributed by atoms with E-state index in [2.05, 4.69) is 134 Å². The van der Waals surface area contributed by atoms with Crippen molar-refractivity contribution in [1.29, 1.82) is 0 Å². The molecule has 0 unspecified atom stereocenters. The van der Waals surface area contributed by atoms with Gasteiger partial charge in [0, 0.05) is 0 Å². The predicted molar refractivity (Wildman–Crippen MR) is 139 cm³/mol. The van der Waals surface area contributed by atoms with Crippen molar-refractivity contribution in [3.05, 3.63) is 155 Å². The van der Waals surface area contributed by atoms with Gasteiger partial charge in [0.1, 0.15) is 0 Å². The fraction of sp³-hybridized carbons (Fsp3) is 0.0909. The van der Waals surface area contributed by atoms with Gasteiger partial charge in [0.2, 0.25) is 0 Å². The number of aryl methyl sites for hydroxylation is 1. The predicted octanol–water partition coefficient (Wildman–Crippen LogP) is 8.28. The summed E-state index contributed by atoms with van der Waals surface area (Å²) in [5, 5.41) is 0. The highest BCUT2D eigenvalue weighted by Gasteiger charge is 2.46. The van der Waals surface area contributed by atoms with E-state index in [1.807, 2.05) is 0 Å². The molecule has 0 heterocycles. The van der Waals surface area contributed by atoms with Crippen molar-refractivity contribution in [1.82, 2.24) is 0 Å². The van der Waals surface area contributed by atoms with E-state index in [4.69, 9.17) is 0 Å². The Hall–Kier alpha value is -3.90. The van der Waals surface area contributed by atoms with Crippen LogP contribution in [0.5, 0.6) is 0 Å². The Morgan fingerprint density at radius 2 is 1.03 bits per heavy atom. The fourth-order valence-corrected chi connectivity index (χ4v) is 5.65. The fourth-order valence-electron chi connectivity index (χ4n) is 5.65. The molecule has 0 radical (unpaired) electrons. The molecular weight excluding hydrogens is 396 g/mol. The maximum absolute atomic E-state index is 2.33. The topological polar surface area (TPSA) is 0 Å². The highest BCUT2D eigenvalue weighted by Crippen LogP contribution is 2.58. The molecule has 0 aromatic heterocycles. The molecule has 0 bridgehead atoms. The molecule has 0 saturated carbocycles. The summed E-state index contributed by atoms with van der Waals surface area (Å²) in [4.78, 5) is 0. The molecule has 0 saturated heterocycles. The standard InChI is InChI=1S/C33H26/c1-2-24-20-22-25(23-21-24)28-17-11-19-31-32(28)29-16-9-10-18-30(29)33(31,26-12-5-3-6-13-26)27-14-7-4-8-15-27/h3-23H,2H2,1H3. The number of benzene rings is 5. The highest BCUT2D eigenvalue weighted by molar-refractivity contribution is 5.95. The minimum absolute atomic E-state index is 0.339. The highest BCUT2D eigenvalue weighted by atomic mass is 14.5. The van der Waals surface area contributed by atoms with Gasteiger partial charge in [0.15, 0.2) is 0 Å². The van der Waals surface area contributed by atoms with Gasteiger partial charge < -0.3 is 0 Å². The summed E-state index contributed by atoms with van der Waals surface area (Å²) in [6.07, 6.45) is 1.06. The van der Waals surface area contributed by atoms with Crippen molar-refractivity contribution in [2.45, 2.75) is 18.8 Å². The first kappa shape index (κ1) is 19.8. The SMILES string of the molecule is CCc1ccc(-c2cccc3c2-c2ccccc2C3(c2ccccc2)c2ccccc2)cc1. The van der Waals surface area contributed by atoms with E-state index in [1.165, 1.54) is 50.1 Å². The Kier molecular flexibility index (Phi) is 4.73. The zero-order valence-electron chi connectivity index (χ0n) is 18.8. The van der Waals surface area contributed by atoms with Crippen LogP contribution >= 0.6 is 0 Å². The van der Waals surface area contributed by atoms with Gasteiger partial charge in [0.25, 0.3) is 0 Å². The van der Waals surface area contributed by atoms with E-state index in [-0.39, 0.29) is 5.41 Å². The molecule has 6 rings (SSSR count). The van der Waals surface area contributed by atoms with Gasteiger partial charge in [-0.1, -0.05) is 134 Å². The summed E-state index contributed by atoms with van der Waals surface area (Å²) in [7, 11) is 0. The molecule has 1 aliphatic rings. The lowest BCUT2D eigenvalue weighted by Gasteiger charge is -2.34. The molecule has 33 heavy (non-hydrogen) atoms. The van der Waals surface area contributed by atoms with Crippen LogP contribution in [0.3, 0.4) is 0 Å². The second-order valence-corrected chi connectivity index (χ2v) is 8.81. The first-order chi connectivity index (χ1) is 16.3. The van der Waals surface area contributed by atoms with E-state index >= 15 is 0 Å². The summed E-state index contributed by atoms with van der Waals surface area (Å²) in [6.45, 7) is 2.21. The maximum Gasteiger partial charge on any atom is 0.0713 e. The lowest BCUT2D eigenvalue weighted by molar-refractivity contribution is 0.768. The summed E-state index contributed by atoms with van der Waals surface area (Å²) in [5.74, 6) is 0. The molecular formula is C33H26. The molecule has 0 aliphatic heterocycles. The molecule has 0 amide bonds. The molecule has 0 fully saturated rings. The normalized spacial score (nSPS) is 13.4. The molecule has 158 valence electrons. The number of hydrogen-bond acceptors (Lipinski definition) is 0. The van der Waals surface area contributed by atoms with E-state index in [0.29, 0.717) is 0 Å². The van der Waals surface area contributed by atoms with Crippen molar-refractivity contribution in [3.8, 4) is 22.3 Å². The molecule has 0 N–H and O–H groups in total. The van der Waals surface area contributed by atoms with Gasteiger partial charge in [-0.3, -0.25) is 0 Å². The van der Waals surface area contributed by atoms with Crippen molar-refractivity contribution >= 4 is 0 Å². The third-order valence-electron chi connectivity index (χ3n) is 7.16. The molecule has 5 aromatic rings. The van der Waals surface area contributed by atoms with Gasteiger partial charge in [-0.25, -0.2) is 0 Å². The van der Waals surface area contributed by atoms with Crippen LogP contribution in [0.15, 0.2) is 127 Å². The Morgan fingerprint density at radius 3 is 1.67 bits per heavy atom. The summed E-state index contributed by atoms with van der Waals surface area (Å²) in [5.41, 5.74) is 11.6. The van der Waals surface area contributed by atoms with Crippen molar-refractivity contribution in [2.75, 3.05) is 0 Å². The first-order valence-electron chi connectivity index (χ1n) is 11.8. The first-order valence-corrected chi connectivity index (χ1v) is 11.8. The average Bonchev–Trinajstić information content (AvgIpc) is 3.21. The van der Waals surface area contributed by atoms with Crippen molar-refractivity contribution < 1.29 is 0 Å². The summed E-state index contributed by atoms with van der Waals surface area (Å²) >= 11 is 0. The van der Waals surface area contributed by atoms with Crippen molar-refractivity contribution in [3.63, 3.8) is 0 Å². The third-order valence-corrected chi connectivity index (χ3v) is 7.16. The van der Waals surface area contributed by atoms with Gasteiger partial charge in [-0.15, -0.1) is 0 Å². The van der Waals surface area contributed by atoms with Crippen LogP contribution in [0.2, 0.25) is 0 Å². The zero-order valence-corrected chi connectivity index (χ0v) is 18.8. The second-order valence-electron chi connectivity index (χ2n) is 8.81. The quantitative estimate of drug-likeness (QED) is 0.268. The van der Waals surface area contributed by atoms with Crippen LogP contribution in [-0.4, -0.2) is 0 Å². The minimum Gasteiger partial charge on any atom is -0.0622 e. The molecule has 0 heteroatoms. The molecule has 0 nitrogen and oxygen atoms in total. The van der Waals surface area contributed by atoms with Crippen LogP contribution < -0.4 is 0 Å². The van der Waals surface area contributed by atoms with Crippen molar-refractivity contribution in [2.24, 2.45) is 0 Å². The number of fused-ring (bicyclic) bond motifs is 3. The van der Waals surface area contributed by atoms with Gasteiger partial charge in [-0.05, 0) is 56.5 Å². The zero-order chi connectivity index (χ0) is 22.3. The van der Waals surface area contributed by atoms with Crippen LogP contribution in [-0.2, 0) is 11.8 Å². The van der Waals surface area contributed by atoms with Gasteiger partial charge in [-0.2, -0.15) is 0 Å². The van der Waals surface area contributed by atoms with E-state index < -0.39 is 0 Å². The second kappa shape index (κ2) is 7.90. The van der Waals surface area contributed by atoms with Crippen LogP contribution in [0.25, 0.3) is 22.3 Å². The lowest BCUT2D eigenvalue weighted by atomic mass is 9.67. The van der Waals surface area contributed by atoms with Crippen LogP contribution in [0.1, 0.15) is 34.7 Å². The van der Waals surface area contributed by atoms with Gasteiger partial charge >= 0.3 is 0 Å². The van der Waals surface area contributed by atoms with Gasteiger partial charge in [0.05, 0.1) is 5.41 Å². The minimum atomic E-state index is -0.339. The Labute approximate surface area is 196 Å². The molecule has 5 aromatic carbocycles. The maximum atomic E-state index is 2.33. The van der Waals surface area contributed by atoms with E-state index in [9.17, 15) is 0 Å². The Morgan fingerprint density at radius 1 is 0.485 bits per heavy atom. The number of hydrogen-bond donors (Lipinski definition) is 0. The van der Waals surface area contributed by atoms with E-state index in [1.54, 1.807) is 0 Å². The summed E-state index contributed by atoms with van der Waals surface area (Å²) < 4.78 is 0. The Bertz CT molecular complexity index is 1370. The Balaban J connectivity index is 1.73. The average molecular weight is 423 g/mol. The lowest BCUT2D eigenvalue weighted by Crippen LogP contribution is -2.28. The summed E-state index contributed by atoms with van der Waals surface area (Å²) in [6, 6.07) is 46.9. The third kappa shape index (κ3) is 2.91. The number of rotatable bonds is 4.